The molecule has 6 aromatic rings. The number of carbonyl (C=O) groups excluding carboxylic acids is 5. The van der Waals surface area contributed by atoms with Gasteiger partial charge in [-0.25, -0.2) is 26.5 Å². The summed E-state index contributed by atoms with van der Waals surface area (Å²) in [6, 6.07) is 30.1. The molecule has 19 nitrogen and oxygen atoms in total. The van der Waals surface area contributed by atoms with Crippen LogP contribution in [-0.4, -0.2) is 160 Å². The molecule has 2 saturated heterocycles. The van der Waals surface area contributed by atoms with Gasteiger partial charge in [-0.2, -0.15) is 13.2 Å². The van der Waals surface area contributed by atoms with Crippen LogP contribution >= 0.6 is 34.7 Å². The molecule has 5 aromatic carbocycles. The molecular formula is C74H91ClF3N9O10S4. The molecule has 5 amide bonds. The summed E-state index contributed by atoms with van der Waals surface area (Å²) >= 11 is 9.07. The van der Waals surface area contributed by atoms with E-state index in [2.05, 4.69) is 56.7 Å². The van der Waals surface area contributed by atoms with Crippen LogP contribution in [0.4, 0.5) is 24.5 Å². The van der Waals surface area contributed by atoms with Crippen molar-refractivity contribution >= 4 is 101 Å². The number of likely N-dealkylation sites (tertiary alicyclic amines) is 1. The van der Waals surface area contributed by atoms with E-state index in [-0.39, 0.29) is 67.3 Å². The summed E-state index contributed by atoms with van der Waals surface area (Å²) in [5, 5.41) is 20.2. The number of anilines is 2. The number of nitrogens with one attached hydrogen (secondary N) is 4. The Morgan fingerprint density at radius 1 is 0.851 bits per heavy atom. The Hall–Kier alpha value is -7.33. The number of thiazole rings is 1. The number of carbonyl (C=O) groups is 5. The SMILES string of the molecule is Cc1ncsc1-c1ccc([C@H](C)NC(=O)[C@@H]2C[C@@H](O)CN2C(=O)[C@@H](N(C)C(=O)CCCCCC(=O)NCC[C@H](CSc2ccccc2)Nc2ccc(S(=O)(=O)NC(=O)c3ccc(N4CCN(CC5=C(c6ccc(Cl)cc6)CCC(C)(C)C5)CC4)cc3)cc2S(=O)(=O)C(F)(F)F)C(C)(C)C)cc1. The lowest BCUT2D eigenvalue weighted by Gasteiger charge is -2.40. The number of aryl methyl sites for hydroxylation is 1. The van der Waals surface area contributed by atoms with Gasteiger partial charge in [0.1, 0.15) is 17.0 Å². The Morgan fingerprint density at radius 3 is 2.16 bits per heavy atom. The van der Waals surface area contributed by atoms with Gasteiger partial charge in [-0.1, -0.05) is 113 Å². The largest absolute Gasteiger partial charge is 0.501 e. The van der Waals surface area contributed by atoms with E-state index in [9.17, 15) is 59.1 Å². The van der Waals surface area contributed by atoms with Gasteiger partial charge in [0, 0.05) is 105 Å². The number of aromatic nitrogens is 1. The fourth-order valence-electron chi connectivity index (χ4n) is 13.3. The first kappa shape index (κ1) is 77.8. The van der Waals surface area contributed by atoms with Gasteiger partial charge in [0.25, 0.3) is 25.8 Å². The maximum atomic E-state index is 14.5. The highest BCUT2D eigenvalue weighted by atomic mass is 35.5. The average molecular weight is 1490 g/mol. The van der Waals surface area contributed by atoms with Crippen LogP contribution in [0, 0.1) is 17.8 Å². The number of hydrogen-bond donors (Lipinski definition) is 5. The number of sulfonamides is 1. The molecule has 101 heavy (non-hydrogen) atoms. The molecule has 2 fully saturated rings. The topological polar surface area (TPSA) is 248 Å². The number of aliphatic hydroxyl groups excluding tert-OH is 1. The van der Waals surface area contributed by atoms with E-state index in [1.807, 2.05) is 87.9 Å². The standard InChI is InChI=1S/C74H91ClF3N9O10S4/c1-48(50-19-21-52(22-20-50)67-49(2)80-47-99-67)81-70(92)63-41-58(88)45-87(63)71(93)68(72(3,4)5)84(8)66(90)18-14-10-13-17-65(89)79-36-34-56(46-98-59-15-11-9-12-16-59)82-62-32-31-60(42-64(62)100(94,95)74(76,77)78)101(96,97)83-69(91)53-25-29-57(30-26-53)86-39-37-85(38-40-86)44-54-43-73(6,7)35-33-61(54)51-23-27-55(75)28-24-51/h9,11-12,15-16,19-32,42,47-48,56,58,63,68,82,88H,10,13-14,17-18,33-41,43-46H2,1-8H3,(H,79,89)(H,81,92)(H,83,91)/t48-,56+,58+,63-,68+/m0/s1. The van der Waals surface area contributed by atoms with E-state index < -0.39 is 94.3 Å². The van der Waals surface area contributed by atoms with Crippen molar-refractivity contribution < 1.29 is 59.1 Å². The lowest BCUT2D eigenvalue weighted by atomic mass is 9.73. The molecule has 544 valence electrons. The van der Waals surface area contributed by atoms with E-state index in [1.54, 1.807) is 54.2 Å². The number of benzene rings is 5. The Morgan fingerprint density at radius 2 is 1.51 bits per heavy atom. The van der Waals surface area contributed by atoms with E-state index in [4.69, 9.17) is 11.6 Å². The van der Waals surface area contributed by atoms with Crippen molar-refractivity contribution in [1.82, 2.24) is 35.0 Å². The van der Waals surface area contributed by atoms with Gasteiger partial charge >= 0.3 is 5.51 Å². The molecule has 1 aromatic heterocycles. The average Bonchev–Trinajstić information content (AvgIpc) is 0.956. The zero-order valence-corrected chi connectivity index (χ0v) is 62.3. The number of allylic oxidation sites excluding steroid dienone is 1. The zero-order valence-electron chi connectivity index (χ0n) is 58.2. The van der Waals surface area contributed by atoms with Crippen LogP contribution in [0.15, 0.2) is 147 Å². The number of unbranched alkanes of at least 4 members (excludes halogenated alkanes) is 2. The van der Waals surface area contributed by atoms with Gasteiger partial charge in [-0.05, 0) is 152 Å². The second kappa shape index (κ2) is 33.4. The lowest BCUT2D eigenvalue weighted by Crippen LogP contribution is -2.58. The molecule has 0 saturated carbocycles. The summed E-state index contributed by atoms with van der Waals surface area (Å²) in [4.78, 5) is 80.3. The Kier molecular flexibility index (Phi) is 25.7. The number of hydrogen-bond acceptors (Lipinski definition) is 16. The molecule has 3 aliphatic rings. The van der Waals surface area contributed by atoms with Crippen LogP contribution in [0.3, 0.4) is 0 Å². The molecule has 1 aliphatic carbocycles. The van der Waals surface area contributed by atoms with Crippen molar-refractivity contribution in [1.29, 1.82) is 0 Å². The summed E-state index contributed by atoms with van der Waals surface area (Å²) in [5.74, 6) is -2.51. The maximum absolute atomic E-state index is 14.5. The highest BCUT2D eigenvalue weighted by molar-refractivity contribution is 7.99. The number of likely N-dealkylation sites (N-methyl/N-ethyl adjacent to an activating group) is 1. The smallest absolute Gasteiger partial charge is 0.391 e. The number of sulfone groups is 1. The molecule has 0 spiro atoms. The van der Waals surface area contributed by atoms with Crippen molar-refractivity contribution in [3.63, 3.8) is 0 Å². The molecule has 2 aliphatic heterocycles. The molecule has 9 rings (SSSR count). The van der Waals surface area contributed by atoms with E-state index in [0.717, 1.165) is 83.3 Å². The summed E-state index contributed by atoms with van der Waals surface area (Å²) in [6.07, 6.45) is 3.51. The monoisotopic (exact) mass is 1490 g/mol. The van der Waals surface area contributed by atoms with Crippen molar-refractivity contribution in [2.24, 2.45) is 10.8 Å². The molecule has 5 N–H and O–H groups in total. The Balaban J connectivity index is 0.768. The third kappa shape index (κ3) is 20.3. The molecule has 0 unspecified atom stereocenters. The van der Waals surface area contributed by atoms with Gasteiger partial charge < -0.3 is 35.8 Å². The highest BCUT2D eigenvalue weighted by Crippen LogP contribution is 2.44. The summed E-state index contributed by atoms with van der Waals surface area (Å²) < 4.78 is 99.9. The van der Waals surface area contributed by atoms with E-state index in [1.165, 1.54) is 50.4 Å². The first-order valence-electron chi connectivity index (χ1n) is 34.0. The third-order valence-corrected chi connectivity index (χ3v) is 24.1. The number of thioether (sulfide) groups is 1. The number of piperazine rings is 1. The summed E-state index contributed by atoms with van der Waals surface area (Å²) in [5.41, 5.74) is 2.27. The zero-order chi connectivity index (χ0) is 73.2. The number of aliphatic hydroxyl groups is 1. The molecule has 0 radical (unpaired) electrons. The Bertz CT molecular complexity index is 4170. The van der Waals surface area contributed by atoms with Crippen LogP contribution in [0.5, 0.6) is 0 Å². The van der Waals surface area contributed by atoms with Crippen LogP contribution in [0.25, 0.3) is 16.0 Å². The highest BCUT2D eigenvalue weighted by Gasteiger charge is 2.49. The number of halogens is 4. The van der Waals surface area contributed by atoms with Gasteiger partial charge in [-0.15, -0.1) is 23.1 Å². The molecule has 0 bridgehead atoms. The minimum atomic E-state index is -6.23. The predicted molar refractivity (Wildman–Crippen MR) is 392 cm³/mol. The van der Waals surface area contributed by atoms with Crippen molar-refractivity contribution in [2.75, 3.05) is 68.8 Å². The Labute approximate surface area is 604 Å². The molecule has 3 heterocycles. The fraction of sp³-hybridized carbons (Fsp3) is 0.459. The first-order valence-corrected chi connectivity index (χ1v) is 39.2. The van der Waals surface area contributed by atoms with Crippen LogP contribution in [-0.2, 0) is 39.0 Å². The summed E-state index contributed by atoms with van der Waals surface area (Å²) in [6.45, 7) is 17.5. The molecular weight excluding hydrogens is 1400 g/mol. The van der Waals surface area contributed by atoms with Crippen molar-refractivity contribution in [2.45, 2.75) is 163 Å². The normalized spacial score (nSPS) is 17.8. The second-order valence-electron chi connectivity index (χ2n) is 28.2. The van der Waals surface area contributed by atoms with Gasteiger partial charge in [0.2, 0.25) is 23.6 Å². The van der Waals surface area contributed by atoms with E-state index >= 15 is 0 Å². The number of amides is 5. The van der Waals surface area contributed by atoms with Crippen LogP contribution in [0.1, 0.15) is 139 Å². The first-order chi connectivity index (χ1) is 47.7. The van der Waals surface area contributed by atoms with Crippen LogP contribution in [0.2, 0.25) is 5.02 Å². The number of rotatable bonds is 28. The minimum absolute atomic E-state index is 0.00300. The maximum Gasteiger partial charge on any atom is 0.501 e. The van der Waals surface area contributed by atoms with Gasteiger partial charge in [0.05, 0.1) is 38.8 Å². The molecule has 5 atom stereocenters. The quantitative estimate of drug-likeness (QED) is 0.0226. The third-order valence-electron chi connectivity index (χ3n) is 18.9. The van der Waals surface area contributed by atoms with E-state index in [0.29, 0.717) is 43.4 Å². The van der Waals surface area contributed by atoms with Crippen molar-refractivity contribution in [3.8, 4) is 10.4 Å². The number of alkyl halides is 3. The lowest BCUT2D eigenvalue weighted by molar-refractivity contribution is -0.151. The van der Waals surface area contributed by atoms with Crippen molar-refractivity contribution in [3.05, 3.63) is 160 Å². The second-order valence-corrected chi connectivity index (χ2v) is 34.2. The van der Waals surface area contributed by atoms with Gasteiger partial charge in [0.15, 0.2) is 0 Å². The minimum Gasteiger partial charge on any atom is -0.391 e. The number of nitrogens with zero attached hydrogens (tertiary/aromatic N) is 5. The fourth-order valence-corrected chi connectivity index (χ4v) is 17.3. The molecule has 27 heteroatoms. The number of β-amino-alcohol motifs (C(OH)–C–C–N with tert-alkyl or cyclic N) is 1. The predicted octanol–water partition coefficient (Wildman–Crippen LogP) is 12.7. The van der Waals surface area contributed by atoms with Crippen LogP contribution < -0.4 is 25.6 Å². The summed E-state index contributed by atoms with van der Waals surface area (Å²) in [7, 11) is -9.66. The van der Waals surface area contributed by atoms with Gasteiger partial charge in [-0.3, -0.25) is 28.9 Å².